The van der Waals surface area contributed by atoms with Gasteiger partial charge in [-0.25, -0.2) is 0 Å². The molecule has 0 aromatic carbocycles. The predicted molar refractivity (Wildman–Crippen MR) is 73.0 cm³/mol. The lowest BCUT2D eigenvalue weighted by Crippen LogP contribution is -2.19. The molecule has 0 bridgehead atoms. The molecule has 0 saturated heterocycles. The highest BCUT2D eigenvalue weighted by Gasteiger charge is 2.00. The van der Waals surface area contributed by atoms with E-state index < -0.39 is 0 Å². The van der Waals surface area contributed by atoms with Crippen LogP contribution in [0.4, 0.5) is 0 Å². The maximum absolute atomic E-state index is 4.34. The Morgan fingerprint density at radius 3 is 2.71 bits per heavy atom. The minimum absolute atomic E-state index is 0.956. The zero-order valence-electron chi connectivity index (χ0n) is 11.2. The molecule has 1 N–H and O–H groups in total. The summed E-state index contributed by atoms with van der Waals surface area (Å²) in [7, 11) is 4.18. The van der Waals surface area contributed by atoms with Crippen molar-refractivity contribution in [3.05, 3.63) is 30.1 Å². The second kappa shape index (κ2) is 9.14. The molecule has 1 aromatic rings. The third kappa shape index (κ3) is 7.08. The topological polar surface area (TPSA) is 28.2 Å². The Morgan fingerprint density at radius 1 is 1.18 bits per heavy atom. The number of unbranched alkanes of at least 4 members (excludes halogenated alkanes) is 3. The summed E-state index contributed by atoms with van der Waals surface area (Å²) in [6, 6.07) is 6.10. The third-order valence-electron chi connectivity index (χ3n) is 2.87. The van der Waals surface area contributed by atoms with Gasteiger partial charge >= 0.3 is 0 Å². The molecular weight excluding hydrogens is 210 g/mol. The molecule has 1 heterocycles. The maximum Gasteiger partial charge on any atom is 0.0543 e. The summed E-state index contributed by atoms with van der Waals surface area (Å²) in [5, 5.41) is 3.18. The first-order valence-corrected chi connectivity index (χ1v) is 6.56. The number of aromatic nitrogens is 1. The lowest BCUT2D eigenvalue weighted by molar-refractivity contribution is 0.313. The summed E-state index contributed by atoms with van der Waals surface area (Å²) >= 11 is 0. The summed E-state index contributed by atoms with van der Waals surface area (Å²) < 4.78 is 0. The molecule has 96 valence electrons. The summed E-state index contributed by atoms with van der Waals surface area (Å²) in [5.74, 6) is 0. The highest BCUT2D eigenvalue weighted by molar-refractivity contribution is 5.02. The highest BCUT2D eigenvalue weighted by Crippen LogP contribution is 2.03. The minimum Gasteiger partial charge on any atom is -0.320 e. The van der Waals surface area contributed by atoms with Gasteiger partial charge in [-0.15, -0.1) is 0 Å². The fraction of sp³-hybridized carbons (Fsp3) is 0.643. The van der Waals surface area contributed by atoms with E-state index in [0.29, 0.717) is 0 Å². The number of hydrogen-bond acceptors (Lipinski definition) is 3. The fourth-order valence-corrected chi connectivity index (χ4v) is 1.88. The van der Waals surface area contributed by atoms with Crippen LogP contribution in [0.2, 0.25) is 0 Å². The zero-order chi connectivity index (χ0) is 12.3. The van der Waals surface area contributed by atoms with Crippen LogP contribution in [-0.4, -0.2) is 37.1 Å². The van der Waals surface area contributed by atoms with Crippen molar-refractivity contribution in [2.75, 3.05) is 27.2 Å². The van der Waals surface area contributed by atoms with Crippen LogP contribution < -0.4 is 5.32 Å². The lowest BCUT2D eigenvalue weighted by Gasteiger charge is -2.15. The molecule has 0 atom stereocenters. The van der Waals surface area contributed by atoms with Crippen LogP contribution in [0.3, 0.4) is 0 Å². The van der Waals surface area contributed by atoms with Crippen LogP contribution in [0, 0.1) is 0 Å². The van der Waals surface area contributed by atoms with Gasteiger partial charge in [0.05, 0.1) is 5.69 Å². The van der Waals surface area contributed by atoms with E-state index in [2.05, 4.69) is 28.3 Å². The Kier molecular flexibility index (Phi) is 7.60. The van der Waals surface area contributed by atoms with E-state index in [9.17, 15) is 0 Å². The Bertz CT molecular complexity index is 274. The third-order valence-corrected chi connectivity index (χ3v) is 2.87. The van der Waals surface area contributed by atoms with Gasteiger partial charge in [0.1, 0.15) is 0 Å². The normalized spacial score (nSPS) is 11.0. The van der Waals surface area contributed by atoms with Crippen molar-refractivity contribution in [1.82, 2.24) is 15.2 Å². The molecule has 0 aliphatic rings. The minimum atomic E-state index is 0.956. The van der Waals surface area contributed by atoms with Crippen LogP contribution in [-0.2, 0) is 6.54 Å². The molecule has 0 aliphatic heterocycles. The predicted octanol–water partition coefficient (Wildman–Crippen LogP) is 2.29. The number of nitrogens with zero attached hydrogens (tertiary/aromatic N) is 2. The molecule has 1 rings (SSSR count). The molecule has 0 radical (unpaired) electrons. The van der Waals surface area contributed by atoms with Gasteiger partial charge in [0, 0.05) is 12.7 Å². The van der Waals surface area contributed by atoms with Gasteiger partial charge in [0.2, 0.25) is 0 Å². The van der Waals surface area contributed by atoms with Gasteiger partial charge in [-0.05, 0) is 52.2 Å². The molecule has 0 fully saturated rings. The Balaban J connectivity index is 2.03. The van der Waals surface area contributed by atoms with Crippen molar-refractivity contribution in [3.63, 3.8) is 0 Å². The second-order valence-corrected chi connectivity index (χ2v) is 4.58. The molecule has 3 nitrogen and oxygen atoms in total. The lowest BCUT2D eigenvalue weighted by atomic mass is 10.2. The van der Waals surface area contributed by atoms with Crippen molar-refractivity contribution in [3.8, 4) is 0 Å². The van der Waals surface area contributed by atoms with E-state index >= 15 is 0 Å². The second-order valence-electron chi connectivity index (χ2n) is 4.58. The van der Waals surface area contributed by atoms with Crippen LogP contribution in [0.25, 0.3) is 0 Å². The first-order valence-electron chi connectivity index (χ1n) is 6.56. The molecule has 0 aliphatic carbocycles. The zero-order valence-corrected chi connectivity index (χ0v) is 11.2. The summed E-state index contributed by atoms with van der Waals surface area (Å²) in [6.45, 7) is 3.26. The SMILES string of the molecule is CNCCCCCCN(C)Cc1ccccn1. The van der Waals surface area contributed by atoms with Crippen molar-refractivity contribution in [2.45, 2.75) is 32.2 Å². The van der Waals surface area contributed by atoms with Gasteiger partial charge in [-0.3, -0.25) is 4.98 Å². The molecule has 17 heavy (non-hydrogen) atoms. The standard InChI is InChI=1S/C14H25N3/c1-15-10-6-3-4-8-12-17(2)13-14-9-5-7-11-16-14/h5,7,9,11,15H,3-4,6,8,10,12-13H2,1-2H3. The van der Waals surface area contributed by atoms with E-state index in [0.717, 1.165) is 25.3 Å². The molecular formula is C14H25N3. The van der Waals surface area contributed by atoms with Gasteiger partial charge in [0.25, 0.3) is 0 Å². The van der Waals surface area contributed by atoms with Gasteiger partial charge in [-0.1, -0.05) is 18.9 Å². The van der Waals surface area contributed by atoms with Crippen molar-refractivity contribution < 1.29 is 0 Å². The van der Waals surface area contributed by atoms with E-state index in [-0.39, 0.29) is 0 Å². The van der Waals surface area contributed by atoms with Gasteiger partial charge in [0.15, 0.2) is 0 Å². The number of rotatable bonds is 9. The van der Waals surface area contributed by atoms with E-state index in [1.807, 2.05) is 25.4 Å². The van der Waals surface area contributed by atoms with Gasteiger partial charge < -0.3 is 10.2 Å². The van der Waals surface area contributed by atoms with Crippen LogP contribution in [0.15, 0.2) is 24.4 Å². The number of hydrogen-bond donors (Lipinski definition) is 1. The largest absolute Gasteiger partial charge is 0.320 e. The summed E-state index contributed by atoms with van der Waals surface area (Å²) in [6.07, 6.45) is 7.10. The van der Waals surface area contributed by atoms with Crippen molar-refractivity contribution in [2.24, 2.45) is 0 Å². The van der Waals surface area contributed by atoms with Crippen LogP contribution in [0.1, 0.15) is 31.4 Å². The highest BCUT2D eigenvalue weighted by atomic mass is 15.1. The first kappa shape index (κ1) is 14.1. The van der Waals surface area contributed by atoms with Crippen LogP contribution in [0.5, 0.6) is 0 Å². The molecule has 1 aromatic heterocycles. The Labute approximate surface area is 105 Å². The summed E-state index contributed by atoms with van der Waals surface area (Å²) in [4.78, 5) is 6.69. The molecule has 0 spiro atoms. The maximum atomic E-state index is 4.34. The van der Waals surface area contributed by atoms with E-state index in [1.165, 1.54) is 25.7 Å². The fourth-order valence-electron chi connectivity index (χ4n) is 1.88. The van der Waals surface area contributed by atoms with E-state index in [1.54, 1.807) is 0 Å². The van der Waals surface area contributed by atoms with Gasteiger partial charge in [-0.2, -0.15) is 0 Å². The quantitative estimate of drug-likeness (QED) is 0.666. The first-order chi connectivity index (χ1) is 8.33. The molecule has 0 amide bonds. The Morgan fingerprint density at radius 2 is 2.00 bits per heavy atom. The monoisotopic (exact) mass is 235 g/mol. The van der Waals surface area contributed by atoms with Crippen molar-refractivity contribution >= 4 is 0 Å². The average molecular weight is 235 g/mol. The average Bonchev–Trinajstić information content (AvgIpc) is 2.35. The summed E-state index contributed by atoms with van der Waals surface area (Å²) in [5.41, 5.74) is 1.16. The Hall–Kier alpha value is -0.930. The molecule has 3 heteroatoms. The molecule has 0 saturated carbocycles. The van der Waals surface area contributed by atoms with Crippen LogP contribution >= 0.6 is 0 Å². The van der Waals surface area contributed by atoms with Crippen molar-refractivity contribution in [1.29, 1.82) is 0 Å². The smallest absolute Gasteiger partial charge is 0.0543 e. The number of nitrogens with one attached hydrogen (secondary N) is 1. The molecule has 0 unspecified atom stereocenters. The van der Waals surface area contributed by atoms with E-state index in [4.69, 9.17) is 0 Å². The number of pyridine rings is 1.